The standard InChI is InChI=1S/C24H17FN4O/c25-17-8-6-16(7-9-17)23-21(15-10-12-27-13-11-15)22-19(14-20(26)28-24(22)29-23)30-18-4-2-1-3-5-18/h1-14H,(H3,26,28,29). The molecule has 0 radical (unpaired) electrons. The molecule has 3 heterocycles. The van der Waals surface area contributed by atoms with Crippen molar-refractivity contribution in [2.75, 3.05) is 5.73 Å². The Kier molecular flexibility index (Phi) is 4.37. The van der Waals surface area contributed by atoms with Crippen LogP contribution in [0.5, 0.6) is 11.5 Å². The van der Waals surface area contributed by atoms with Crippen LogP contribution >= 0.6 is 0 Å². The third-order valence-corrected chi connectivity index (χ3v) is 4.82. The first-order chi connectivity index (χ1) is 14.7. The smallest absolute Gasteiger partial charge is 0.144 e. The maximum absolute atomic E-state index is 13.5. The molecule has 0 atom stereocenters. The van der Waals surface area contributed by atoms with Crippen molar-refractivity contribution < 1.29 is 9.13 Å². The van der Waals surface area contributed by atoms with Gasteiger partial charge < -0.3 is 15.5 Å². The van der Waals surface area contributed by atoms with E-state index in [1.807, 2.05) is 42.5 Å². The molecule has 0 aliphatic heterocycles. The van der Waals surface area contributed by atoms with Gasteiger partial charge in [0.2, 0.25) is 0 Å². The predicted octanol–water partition coefficient (Wildman–Crippen LogP) is 5.81. The Labute approximate surface area is 172 Å². The van der Waals surface area contributed by atoms with Crippen molar-refractivity contribution in [2.24, 2.45) is 0 Å². The third-order valence-electron chi connectivity index (χ3n) is 4.82. The molecule has 146 valence electrons. The minimum atomic E-state index is -0.296. The average Bonchev–Trinajstić information content (AvgIpc) is 3.15. The highest BCUT2D eigenvalue weighted by Crippen LogP contribution is 2.43. The van der Waals surface area contributed by atoms with Gasteiger partial charge in [-0.1, -0.05) is 18.2 Å². The molecule has 0 saturated heterocycles. The van der Waals surface area contributed by atoms with Gasteiger partial charge in [0.15, 0.2) is 0 Å². The number of nitrogens with one attached hydrogen (secondary N) is 1. The first-order valence-corrected chi connectivity index (χ1v) is 9.40. The van der Waals surface area contributed by atoms with Crippen molar-refractivity contribution in [1.82, 2.24) is 15.0 Å². The maximum Gasteiger partial charge on any atom is 0.144 e. The van der Waals surface area contributed by atoms with Crippen molar-refractivity contribution >= 4 is 16.9 Å². The SMILES string of the molecule is Nc1cc(Oc2ccccc2)c2c(-c3ccncc3)c(-c3ccc(F)cc3)[nH]c2n1. The Balaban J connectivity index is 1.80. The number of pyridine rings is 2. The van der Waals surface area contributed by atoms with E-state index in [1.165, 1.54) is 12.1 Å². The molecule has 5 rings (SSSR count). The highest BCUT2D eigenvalue weighted by molar-refractivity contribution is 6.06. The lowest BCUT2D eigenvalue weighted by molar-refractivity contribution is 0.488. The molecular formula is C24H17FN4O. The van der Waals surface area contributed by atoms with E-state index in [9.17, 15) is 4.39 Å². The van der Waals surface area contributed by atoms with Gasteiger partial charge in [-0.2, -0.15) is 0 Å². The fourth-order valence-corrected chi connectivity index (χ4v) is 3.51. The van der Waals surface area contributed by atoms with E-state index in [0.29, 0.717) is 23.0 Å². The van der Waals surface area contributed by atoms with E-state index in [0.717, 1.165) is 27.8 Å². The summed E-state index contributed by atoms with van der Waals surface area (Å²) in [6, 6.07) is 21.3. The zero-order chi connectivity index (χ0) is 20.5. The quantitative estimate of drug-likeness (QED) is 0.402. The Morgan fingerprint density at radius 3 is 2.33 bits per heavy atom. The van der Waals surface area contributed by atoms with Crippen LogP contribution in [0.1, 0.15) is 0 Å². The predicted molar refractivity (Wildman–Crippen MR) is 116 cm³/mol. The fraction of sp³-hybridized carbons (Fsp3) is 0. The van der Waals surface area contributed by atoms with Gasteiger partial charge in [0.25, 0.3) is 0 Å². The van der Waals surface area contributed by atoms with E-state index in [-0.39, 0.29) is 5.82 Å². The lowest BCUT2D eigenvalue weighted by Crippen LogP contribution is -1.93. The van der Waals surface area contributed by atoms with Crippen molar-refractivity contribution in [3.05, 3.63) is 91.0 Å². The molecule has 0 bridgehead atoms. The lowest BCUT2D eigenvalue weighted by atomic mass is 9.99. The van der Waals surface area contributed by atoms with Crippen LogP contribution in [-0.4, -0.2) is 15.0 Å². The molecule has 2 aromatic carbocycles. The van der Waals surface area contributed by atoms with Crippen molar-refractivity contribution in [2.45, 2.75) is 0 Å². The number of nitrogen functional groups attached to an aromatic ring is 1. The number of ether oxygens (including phenoxy) is 1. The summed E-state index contributed by atoms with van der Waals surface area (Å²) in [4.78, 5) is 12.0. The van der Waals surface area contributed by atoms with Gasteiger partial charge in [0.05, 0.1) is 11.1 Å². The largest absolute Gasteiger partial charge is 0.456 e. The summed E-state index contributed by atoms with van der Waals surface area (Å²) in [6.07, 6.45) is 3.45. The molecule has 0 fully saturated rings. The van der Waals surface area contributed by atoms with Crippen LogP contribution in [0.4, 0.5) is 10.2 Å². The van der Waals surface area contributed by atoms with E-state index < -0.39 is 0 Å². The fourth-order valence-electron chi connectivity index (χ4n) is 3.51. The van der Waals surface area contributed by atoms with Crippen LogP contribution in [0, 0.1) is 5.82 Å². The van der Waals surface area contributed by atoms with Crippen LogP contribution in [0.2, 0.25) is 0 Å². The molecule has 0 saturated carbocycles. The van der Waals surface area contributed by atoms with Crippen LogP contribution in [0.25, 0.3) is 33.4 Å². The summed E-state index contributed by atoms with van der Waals surface area (Å²) in [5, 5.41) is 0.790. The maximum atomic E-state index is 13.5. The second-order valence-electron chi connectivity index (χ2n) is 6.80. The minimum Gasteiger partial charge on any atom is -0.456 e. The molecule has 0 spiro atoms. The van der Waals surface area contributed by atoms with Gasteiger partial charge in [0.1, 0.15) is 28.8 Å². The number of benzene rings is 2. The molecule has 3 aromatic heterocycles. The number of nitrogens with two attached hydrogens (primary N) is 1. The summed E-state index contributed by atoms with van der Waals surface area (Å²) >= 11 is 0. The number of hydrogen-bond donors (Lipinski definition) is 2. The van der Waals surface area contributed by atoms with Crippen LogP contribution in [0.3, 0.4) is 0 Å². The zero-order valence-corrected chi connectivity index (χ0v) is 15.8. The third kappa shape index (κ3) is 3.24. The summed E-state index contributed by atoms with van der Waals surface area (Å²) in [6.45, 7) is 0. The summed E-state index contributed by atoms with van der Waals surface area (Å²) in [7, 11) is 0. The van der Waals surface area contributed by atoms with E-state index in [2.05, 4.69) is 15.0 Å². The molecule has 0 aliphatic carbocycles. The number of rotatable bonds is 4. The van der Waals surface area contributed by atoms with Gasteiger partial charge in [-0.25, -0.2) is 9.37 Å². The first kappa shape index (κ1) is 17.9. The Hall–Kier alpha value is -4.19. The number of halogens is 1. The molecule has 6 heteroatoms. The number of anilines is 1. The monoisotopic (exact) mass is 396 g/mol. The first-order valence-electron chi connectivity index (χ1n) is 9.40. The van der Waals surface area contributed by atoms with Gasteiger partial charge in [-0.3, -0.25) is 4.98 Å². The topological polar surface area (TPSA) is 76.8 Å². The number of para-hydroxylation sites is 1. The average molecular weight is 396 g/mol. The van der Waals surface area contributed by atoms with Gasteiger partial charge in [-0.15, -0.1) is 0 Å². The highest BCUT2D eigenvalue weighted by atomic mass is 19.1. The number of H-pyrrole nitrogens is 1. The minimum absolute atomic E-state index is 0.296. The van der Waals surface area contributed by atoms with Crippen LogP contribution in [-0.2, 0) is 0 Å². The molecule has 0 amide bonds. The normalized spacial score (nSPS) is 11.0. The summed E-state index contributed by atoms with van der Waals surface area (Å²) in [5.74, 6) is 1.31. The molecular weight excluding hydrogens is 379 g/mol. The molecule has 5 nitrogen and oxygen atoms in total. The van der Waals surface area contributed by atoms with E-state index in [4.69, 9.17) is 10.5 Å². The molecule has 0 unspecified atom stereocenters. The van der Waals surface area contributed by atoms with Gasteiger partial charge in [0, 0.05) is 24.0 Å². The zero-order valence-electron chi connectivity index (χ0n) is 15.8. The molecule has 30 heavy (non-hydrogen) atoms. The van der Waals surface area contributed by atoms with Gasteiger partial charge >= 0.3 is 0 Å². The Bertz CT molecular complexity index is 1320. The van der Waals surface area contributed by atoms with Crippen LogP contribution < -0.4 is 10.5 Å². The van der Waals surface area contributed by atoms with Gasteiger partial charge in [-0.05, 0) is 59.7 Å². The molecule has 3 N–H and O–H groups in total. The Morgan fingerprint density at radius 1 is 0.867 bits per heavy atom. The number of aromatic amines is 1. The van der Waals surface area contributed by atoms with Crippen molar-refractivity contribution in [3.63, 3.8) is 0 Å². The second-order valence-corrected chi connectivity index (χ2v) is 6.80. The van der Waals surface area contributed by atoms with E-state index in [1.54, 1.807) is 30.6 Å². The lowest BCUT2D eigenvalue weighted by Gasteiger charge is -2.10. The molecule has 0 aliphatic rings. The highest BCUT2D eigenvalue weighted by Gasteiger charge is 2.21. The number of aromatic nitrogens is 3. The second kappa shape index (κ2) is 7.33. The van der Waals surface area contributed by atoms with Crippen molar-refractivity contribution in [1.29, 1.82) is 0 Å². The summed E-state index contributed by atoms with van der Waals surface area (Å²) in [5.41, 5.74) is 10.1. The Morgan fingerprint density at radius 2 is 1.60 bits per heavy atom. The number of fused-ring (bicyclic) bond motifs is 1. The van der Waals surface area contributed by atoms with Crippen molar-refractivity contribution in [3.8, 4) is 33.9 Å². The van der Waals surface area contributed by atoms with E-state index >= 15 is 0 Å². The summed E-state index contributed by atoms with van der Waals surface area (Å²) < 4.78 is 19.7. The number of hydrogen-bond acceptors (Lipinski definition) is 4. The number of nitrogens with zero attached hydrogens (tertiary/aromatic N) is 2. The van der Waals surface area contributed by atoms with Crippen LogP contribution in [0.15, 0.2) is 85.2 Å². The molecule has 5 aromatic rings.